The van der Waals surface area contributed by atoms with Crippen LogP contribution in [0.3, 0.4) is 0 Å². The number of hydrogen-bond donors (Lipinski definition) is 3. The van der Waals surface area contributed by atoms with Gasteiger partial charge < -0.3 is 30.7 Å². The highest BCUT2D eigenvalue weighted by Crippen LogP contribution is 2.29. The number of aryl methyl sites for hydroxylation is 2. The molecule has 38 heavy (non-hydrogen) atoms. The molecule has 4 rings (SSSR count). The Hall–Kier alpha value is -3.01. The number of urea groups is 1. The molecule has 9 nitrogen and oxygen atoms in total. The van der Waals surface area contributed by atoms with E-state index in [1.165, 1.54) is 13.2 Å². The topological polar surface area (TPSA) is 109 Å². The van der Waals surface area contributed by atoms with Gasteiger partial charge in [0.2, 0.25) is 0 Å². The Balaban J connectivity index is 1.21. The Kier molecular flexibility index (Phi) is 9.35. The van der Waals surface area contributed by atoms with Gasteiger partial charge in [0, 0.05) is 51.0 Å². The molecule has 4 N–H and O–H groups in total. The van der Waals surface area contributed by atoms with Gasteiger partial charge in [-0.1, -0.05) is 17.7 Å². The number of rotatable bonds is 7. The van der Waals surface area contributed by atoms with Gasteiger partial charge in [-0.2, -0.15) is 0 Å². The van der Waals surface area contributed by atoms with Crippen LogP contribution in [0.15, 0.2) is 30.3 Å². The molecular weight excluding hydrogens is 506 g/mol. The van der Waals surface area contributed by atoms with E-state index >= 15 is 0 Å². The maximum absolute atomic E-state index is 12.8. The third-order valence-corrected chi connectivity index (χ3v) is 7.50. The minimum atomic E-state index is -0.282. The molecule has 0 bridgehead atoms. The van der Waals surface area contributed by atoms with E-state index < -0.39 is 0 Å². The van der Waals surface area contributed by atoms with Crippen molar-refractivity contribution in [2.45, 2.75) is 32.8 Å². The number of piperidine rings is 1. The van der Waals surface area contributed by atoms with Gasteiger partial charge in [-0.05, 0) is 61.9 Å². The van der Waals surface area contributed by atoms with Crippen LogP contribution in [0, 0.1) is 19.8 Å². The molecule has 2 saturated heterocycles. The summed E-state index contributed by atoms with van der Waals surface area (Å²) >= 11 is 6.10. The first kappa shape index (κ1) is 28.0. The summed E-state index contributed by atoms with van der Waals surface area (Å²) in [7, 11) is 1.49. The summed E-state index contributed by atoms with van der Waals surface area (Å²) in [5.41, 5.74) is 9.64. The minimum Gasteiger partial charge on any atom is -0.496 e. The van der Waals surface area contributed by atoms with Crippen LogP contribution in [0.4, 0.5) is 16.2 Å². The molecule has 2 fully saturated rings. The van der Waals surface area contributed by atoms with Crippen molar-refractivity contribution in [2.24, 2.45) is 5.92 Å². The van der Waals surface area contributed by atoms with Crippen molar-refractivity contribution in [3.63, 3.8) is 0 Å². The van der Waals surface area contributed by atoms with Crippen molar-refractivity contribution in [1.82, 2.24) is 15.1 Å². The van der Waals surface area contributed by atoms with Crippen molar-refractivity contribution in [1.29, 1.82) is 0 Å². The first-order valence-corrected chi connectivity index (χ1v) is 13.5. The van der Waals surface area contributed by atoms with E-state index in [0.29, 0.717) is 41.1 Å². The zero-order valence-corrected chi connectivity index (χ0v) is 23.1. The monoisotopic (exact) mass is 543 g/mol. The number of hydrogen-bond acceptors (Lipinski definition) is 6. The molecule has 0 radical (unpaired) electrons. The number of carbonyl (C=O) groups excluding carboxylic acids is 2. The Morgan fingerprint density at radius 1 is 1.11 bits per heavy atom. The van der Waals surface area contributed by atoms with E-state index in [-0.39, 0.29) is 18.0 Å². The van der Waals surface area contributed by atoms with E-state index in [1.807, 2.05) is 30.9 Å². The number of nitrogens with zero attached hydrogens (tertiary/aromatic N) is 2. The zero-order valence-electron chi connectivity index (χ0n) is 22.4. The van der Waals surface area contributed by atoms with E-state index in [1.54, 1.807) is 6.07 Å². The molecule has 0 spiro atoms. The van der Waals surface area contributed by atoms with Crippen LogP contribution in [0.25, 0.3) is 0 Å². The van der Waals surface area contributed by atoms with Gasteiger partial charge in [-0.15, -0.1) is 0 Å². The fourth-order valence-electron chi connectivity index (χ4n) is 5.22. The number of methoxy groups -OCH3 is 1. The summed E-state index contributed by atoms with van der Waals surface area (Å²) in [6, 6.07) is 9.13. The fourth-order valence-corrected chi connectivity index (χ4v) is 5.38. The normalized spacial score (nSPS) is 18.7. The number of halogens is 1. The van der Waals surface area contributed by atoms with Crippen molar-refractivity contribution in [3.8, 4) is 5.75 Å². The fraction of sp³-hybridized carbons (Fsp3) is 0.500. The van der Waals surface area contributed by atoms with Crippen molar-refractivity contribution >= 4 is 34.9 Å². The molecule has 0 aliphatic carbocycles. The van der Waals surface area contributed by atoms with E-state index in [9.17, 15) is 9.59 Å². The van der Waals surface area contributed by atoms with Crippen LogP contribution in [0.2, 0.25) is 5.02 Å². The summed E-state index contributed by atoms with van der Waals surface area (Å²) in [6.07, 6.45) is 1.83. The van der Waals surface area contributed by atoms with Gasteiger partial charge in [0.25, 0.3) is 5.91 Å². The van der Waals surface area contributed by atoms with Crippen LogP contribution in [0.5, 0.6) is 5.75 Å². The zero-order chi connectivity index (χ0) is 27.2. The Morgan fingerprint density at radius 3 is 2.50 bits per heavy atom. The maximum Gasteiger partial charge on any atom is 0.321 e. The van der Waals surface area contributed by atoms with Gasteiger partial charge in [-0.25, -0.2) is 4.79 Å². The van der Waals surface area contributed by atoms with Crippen LogP contribution in [-0.4, -0.2) is 80.8 Å². The molecule has 2 aliphatic heterocycles. The smallest absolute Gasteiger partial charge is 0.321 e. The second-order valence-electron chi connectivity index (χ2n) is 10.3. The SMILES string of the molecule is COc1cc(N)c(Cl)cc1C(=O)NCC1CN(CC2CCN(C(=O)Nc3cc(C)cc(C)c3)CC2)CCO1. The molecule has 2 aromatic rings. The molecule has 10 heteroatoms. The number of benzene rings is 2. The summed E-state index contributed by atoms with van der Waals surface area (Å²) in [5.74, 6) is 0.621. The number of amides is 3. The van der Waals surface area contributed by atoms with Crippen LogP contribution >= 0.6 is 11.6 Å². The lowest BCUT2D eigenvalue weighted by Gasteiger charge is -2.38. The Bertz CT molecular complexity index is 1130. The number of likely N-dealkylation sites (tertiary alicyclic amines) is 1. The molecule has 206 valence electrons. The number of nitrogens with one attached hydrogen (secondary N) is 2. The molecule has 2 aliphatic rings. The molecule has 0 aromatic heterocycles. The lowest BCUT2D eigenvalue weighted by Crippen LogP contribution is -2.50. The summed E-state index contributed by atoms with van der Waals surface area (Å²) in [6.45, 7) is 9.13. The maximum atomic E-state index is 12.8. The van der Waals surface area contributed by atoms with Gasteiger partial charge in [0.15, 0.2) is 0 Å². The van der Waals surface area contributed by atoms with Crippen LogP contribution in [0.1, 0.15) is 34.3 Å². The highest BCUT2D eigenvalue weighted by Gasteiger charge is 2.28. The number of anilines is 2. The highest BCUT2D eigenvalue weighted by molar-refractivity contribution is 6.33. The van der Waals surface area contributed by atoms with Crippen molar-refractivity contribution < 1.29 is 19.1 Å². The second kappa shape index (κ2) is 12.7. The number of carbonyl (C=O) groups is 2. The average Bonchev–Trinajstić information content (AvgIpc) is 2.88. The molecule has 2 aromatic carbocycles. The summed E-state index contributed by atoms with van der Waals surface area (Å²) < 4.78 is 11.2. The van der Waals surface area contributed by atoms with Crippen LogP contribution in [-0.2, 0) is 4.74 Å². The lowest BCUT2D eigenvalue weighted by atomic mass is 9.96. The number of ether oxygens (including phenoxy) is 2. The van der Waals surface area contributed by atoms with Gasteiger partial charge in [0.1, 0.15) is 5.75 Å². The Morgan fingerprint density at radius 2 is 1.82 bits per heavy atom. The molecular formula is C28H38ClN5O4. The summed E-state index contributed by atoms with van der Waals surface area (Å²) in [5, 5.41) is 6.30. The molecule has 1 atom stereocenters. The minimum absolute atomic E-state index is 0.0327. The second-order valence-corrected chi connectivity index (χ2v) is 10.7. The largest absolute Gasteiger partial charge is 0.496 e. The number of nitrogen functional groups attached to an aromatic ring is 1. The third-order valence-electron chi connectivity index (χ3n) is 7.17. The molecule has 2 heterocycles. The Labute approximate surface area is 229 Å². The third kappa shape index (κ3) is 7.30. The van der Waals surface area contributed by atoms with Crippen molar-refractivity contribution in [2.75, 3.05) is 64.0 Å². The van der Waals surface area contributed by atoms with Crippen LogP contribution < -0.4 is 21.1 Å². The van der Waals surface area contributed by atoms with E-state index in [0.717, 1.165) is 62.4 Å². The van der Waals surface area contributed by atoms with Gasteiger partial charge in [0.05, 0.1) is 36.1 Å². The van der Waals surface area contributed by atoms with Crippen molar-refractivity contribution in [3.05, 3.63) is 52.0 Å². The predicted molar refractivity (Wildman–Crippen MR) is 150 cm³/mol. The van der Waals surface area contributed by atoms with E-state index in [2.05, 4.69) is 21.6 Å². The van der Waals surface area contributed by atoms with Gasteiger partial charge >= 0.3 is 6.03 Å². The lowest BCUT2D eigenvalue weighted by molar-refractivity contribution is -0.0330. The molecule has 3 amide bonds. The number of morpholine rings is 1. The highest BCUT2D eigenvalue weighted by atomic mass is 35.5. The first-order valence-electron chi connectivity index (χ1n) is 13.1. The standard InChI is InChI=1S/C28H38ClN5O4/c1-18-10-19(2)12-21(11-18)32-28(36)34-6-4-20(5-7-34)16-33-8-9-38-22(17-33)15-31-27(35)23-13-24(29)25(30)14-26(23)37-3/h10-14,20,22H,4-9,15-17,30H2,1-3H3,(H,31,35)(H,32,36). The average molecular weight is 544 g/mol. The molecule has 1 unspecified atom stereocenters. The predicted octanol–water partition coefficient (Wildman–Crippen LogP) is 3.92. The quantitative estimate of drug-likeness (QED) is 0.457. The van der Waals surface area contributed by atoms with Gasteiger partial charge in [-0.3, -0.25) is 9.69 Å². The molecule has 0 saturated carbocycles. The first-order chi connectivity index (χ1) is 18.2. The summed E-state index contributed by atoms with van der Waals surface area (Å²) in [4.78, 5) is 29.8. The van der Waals surface area contributed by atoms with E-state index in [4.69, 9.17) is 26.8 Å². The number of nitrogens with two attached hydrogens (primary N) is 1.